The minimum Gasteiger partial charge on any atom is -0.444 e. The fourth-order valence-corrected chi connectivity index (χ4v) is 2.66. The van der Waals surface area contributed by atoms with E-state index in [-0.39, 0.29) is 30.0 Å². The smallest absolute Gasteiger partial charge is 0.408 e. The van der Waals surface area contributed by atoms with Crippen LogP contribution < -0.4 is 16.0 Å². The standard InChI is InChI=1S/C17H32F3N5O2.HI/c1-15(2,3)27-14(26)24-16(4,5)10-22-13(21-6)23-12-7-8-25(9-12)11-17(18,19)20;/h12H,7-11H2,1-6H3,(H,24,26)(H2,21,22,23);1H. The van der Waals surface area contributed by atoms with Crippen molar-refractivity contribution >= 4 is 36.0 Å². The van der Waals surface area contributed by atoms with Gasteiger partial charge in [0.25, 0.3) is 0 Å². The number of halogens is 4. The Balaban J connectivity index is 0.00000729. The fraction of sp³-hybridized carbons (Fsp3) is 0.882. The molecular formula is C17H33F3IN5O2. The number of ether oxygens (including phenoxy) is 1. The van der Waals surface area contributed by atoms with Gasteiger partial charge in [-0.15, -0.1) is 24.0 Å². The minimum atomic E-state index is -4.19. The van der Waals surface area contributed by atoms with Crippen LogP contribution in [0.5, 0.6) is 0 Å². The van der Waals surface area contributed by atoms with Gasteiger partial charge in [-0.25, -0.2) is 4.79 Å². The molecule has 3 N–H and O–H groups in total. The van der Waals surface area contributed by atoms with Gasteiger partial charge in [-0.05, 0) is 41.0 Å². The minimum absolute atomic E-state index is 0. The van der Waals surface area contributed by atoms with E-state index < -0.39 is 30.0 Å². The highest BCUT2D eigenvalue weighted by Crippen LogP contribution is 2.19. The molecule has 0 aromatic carbocycles. The van der Waals surface area contributed by atoms with Crippen LogP contribution in [0.4, 0.5) is 18.0 Å². The largest absolute Gasteiger partial charge is 0.444 e. The molecule has 0 aliphatic carbocycles. The summed E-state index contributed by atoms with van der Waals surface area (Å²) < 4.78 is 42.7. The van der Waals surface area contributed by atoms with Gasteiger partial charge in [0.2, 0.25) is 0 Å². The second kappa shape index (κ2) is 10.7. The van der Waals surface area contributed by atoms with Crippen LogP contribution in [0, 0.1) is 0 Å². The third-order valence-electron chi connectivity index (χ3n) is 3.78. The zero-order valence-corrected chi connectivity index (χ0v) is 19.7. The summed E-state index contributed by atoms with van der Waals surface area (Å²) in [6.45, 7) is 9.18. The summed E-state index contributed by atoms with van der Waals surface area (Å²) >= 11 is 0. The first kappa shape index (κ1) is 27.0. The lowest BCUT2D eigenvalue weighted by molar-refractivity contribution is -0.143. The number of likely N-dealkylation sites (tertiary alicyclic amines) is 1. The van der Waals surface area contributed by atoms with E-state index in [1.807, 2.05) is 13.8 Å². The number of hydrogen-bond donors (Lipinski definition) is 3. The monoisotopic (exact) mass is 523 g/mol. The lowest BCUT2D eigenvalue weighted by Gasteiger charge is -2.29. The van der Waals surface area contributed by atoms with Crippen LogP contribution in [0.2, 0.25) is 0 Å². The molecule has 11 heteroatoms. The summed E-state index contributed by atoms with van der Waals surface area (Å²) in [6, 6.07) is -0.111. The number of alkyl carbamates (subject to hydrolysis) is 1. The molecule has 0 spiro atoms. The van der Waals surface area contributed by atoms with E-state index in [9.17, 15) is 18.0 Å². The normalized spacial score (nSPS) is 19.0. The SMILES string of the molecule is CN=C(NCC(C)(C)NC(=O)OC(C)(C)C)NC1CCN(CC(F)(F)F)C1.I. The highest BCUT2D eigenvalue weighted by atomic mass is 127. The van der Waals surface area contributed by atoms with Gasteiger partial charge >= 0.3 is 12.3 Å². The van der Waals surface area contributed by atoms with E-state index >= 15 is 0 Å². The first-order valence-electron chi connectivity index (χ1n) is 8.96. The number of alkyl halides is 3. The zero-order valence-electron chi connectivity index (χ0n) is 17.4. The number of aliphatic imine (C=N–C) groups is 1. The molecular weight excluding hydrogens is 490 g/mol. The number of hydrogen-bond acceptors (Lipinski definition) is 4. The average Bonchev–Trinajstić information content (AvgIpc) is 2.85. The average molecular weight is 523 g/mol. The summed E-state index contributed by atoms with van der Waals surface area (Å²) in [5.41, 5.74) is -1.20. The van der Waals surface area contributed by atoms with Crippen molar-refractivity contribution in [2.24, 2.45) is 4.99 Å². The molecule has 1 unspecified atom stereocenters. The van der Waals surface area contributed by atoms with Crippen molar-refractivity contribution in [2.45, 2.75) is 64.4 Å². The Bertz CT molecular complexity index is 536. The van der Waals surface area contributed by atoms with Gasteiger partial charge in [0.05, 0.1) is 12.1 Å². The molecule has 1 aliphatic rings. The molecule has 1 heterocycles. The molecule has 1 saturated heterocycles. The lowest BCUT2D eigenvalue weighted by Crippen LogP contribution is -2.55. The number of guanidine groups is 1. The number of rotatable bonds is 5. The second-order valence-electron chi connectivity index (χ2n) is 8.42. The van der Waals surface area contributed by atoms with Crippen LogP contribution in [0.25, 0.3) is 0 Å². The number of amides is 1. The van der Waals surface area contributed by atoms with Crippen molar-refractivity contribution < 1.29 is 22.7 Å². The number of carbonyl (C=O) groups is 1. The van der Waals surface area contributed by atoms with Gasteiger partial charge < -0.3 is 20.7 Å². The highest BCUT2D eigenvalue weighted by molar-refractivity contribution is 14.0. The number of carbonyl (C=O) groups excluding carboxylic acids is 1. The predicted molar refractivity (Wildman–Crippen MR) is 114 cm³/mol. The van der Waals surface area contributed by atoms with Gasteiger partial charge in [-0.3, -0.25) is 9.89 Å². The van der Waals surface area contributed by atoms with E-state index in [0.717, 1.165) is 0 Å². The Morgan fingerprint density at radius 2 is 1.82 bits per heavy atom. The maximum absolute atomic E-state index is 12.5. The summed E-state index contributed by atoms with van der Waals surface area (Å²) in [5, 5.41) is 9.01. The zero-order chi connectivity index (χ0) is 20.9. The van der Waals surface area contributed by atoms with E-state index in [1.165, 1.54) is 4.90 Å². The van der Waals surface area contributed by atoms with Crippen molar-refractivity contribution in [3.63, 3.8) is 0 Å². The molecule has 7 nitrogen and oxygen atoms in total. The summed E-state index contributed by atoms with van der Waals surface area (Å²) in [6.07, 6.45) is -4.10. The Kier molecular flexibility index (Phi) is 10.3. The molecule has 1 aliphatic heterocycles. The molecule has 1 rings (SSSR count). The van der Waals surface area contributed by atoms with E-state index in [2.05, 4.69) is 20.9 Å². The number of nitrogens with zero attached hydrogens (tertiary/aromatic N) is 2. The van der Waals surface area contributed by atoms with Crippen molar-refractivity contribution in [1.29, 1.82) is 0 Å². The molecule has 166 valence electrons. The van der Waals surface area contributed by atoms with Gasteiger partial charge in [0.15, 0.2) is 5.96 Å². The quantitative estimate of drug-likeness (QED) is 0.294. The van der Waals surface area contributed by atoms with E-state index in [0.29, 0.717) is 32.0 Å². The Labute approximate surface area is 182 Å². The van der Waals surface area contributed by atoms with Gasteiger partial charge in [0, 0.05) is 32.7 Å². The number of nitrogens with one attached hydrogen (secondary N) is 3. The molecule has 0 bridgehead atoms. The van der Waals surface area contributed by atoms with Crippen LogP contribution in [-0.4, -0.2) is 73.5 Å². The summed E-state index contributed by atoms with van der Waals surface area (Å²) in [4.78, 5) is 17.4. The first-order chi connectivity index (χ1) is 12.2. The third kappa shape index (κ3) is 11.8. The third-order valence-corrected chi connectivity index (χ3v) is 3.78. The van der Waals surface area contributed by atoms with Crippen LogP contribution in [0.15, 0.2) is 4.99 Å². The predicted octanol–water partition coefficient (Wildman–Crippen LogP) is 2.71. The Hall–Kier alpha value is -0.980. The van der Waals surface area contributed by atoms with Crippen LogP contribution in [-0.2, 0) is 4.74 Å². The van der Waals surface area contributed by atoms with Gasteiger partial charge in [-0.1, -0.05) is 0 Å². The maximum Gasteiger partial charge on any atom is 0.408 e. The summed E-state index contributed by atoms with van der Waals surface area (Å²) in [5.74, 6) is 0.480. The second-order valence-corrected chi connectivity index (χ2v) is 8.42. The van der Waals surface area contributed by atoms with Crippen molar-refractivity contribution in [1.82, 2.24) is 20.9 Å². The lowest BCUT2D eigenvalue weighted by atomic mass is 10.1. The Morgan fingerprint density at radius 1 is 1.21 bits per heavy atom. The fourth-order valence-electron chi connectivity index (χ4n) is 2.66. The van der Waals surface area contributed by atoms with Crippen LogP contribution >= 0.6 is 24.0 Å². The molecule has 1 fully saturated rings. The van der Waals surface area contributed by atoms with Crippen molar-refractivity contribution in [3.05, 3.63) is 0 Å². The van der Waals surface area contributed by atoms with Crippen LogP contribution in [0.3, 0.4) is 0 Å². The first-order valence-corrected chi connectivity index (χ1v) is 8.96. The molecule has 28 heavy (non-hydrogen) atoms. The van der Waals surface area contributed by atoms with Gasteiger partial charge in [-0.2, -0.15) is 13.2 Å². The summed E-state index contributed by atoms with van der Waals surface area (Å²) in [7, 11) is 1.59. The molecule has 1 amide bonds. The maximum atomic E-state index is 12.5. The molecule has 0 saturated carbocycles. The van der Waals surface area contributed by atoms with E-state index in [4.69, 9.17) is 4.74 Å². The van der Waals surface area contributed by atoms with Crippen LogP contribution in [0.1, 0.15) is 41.0 Å². The topological polar surface area (TPSA) is 78.0 Å². The highest BCUT2D eigenvalue weighted by Gasteiger charge is 2.34. The van der Waals surface area contributed by atoms with E-state index in [1.54, 1.807) is 27.8 Å². The van der Waals surface area contributed by atoms with Crippen molar-refractivity contribution in [3.8, 4) is 0 Å². The molecule has 0 aromatic rings. The molecule has 1 atom stereocenters. The Morgan fingerprint density at radius 3 is 2.32 bits per heavy atom. The van der Waals surface area contributed by atoms with Gasteiger partial charge in [0.1, 0.15) is 5.60 Å². The van der Waals surface area contributed by atoms with Crippen molar-refractivity contribution in [2.75, 3.05) is 33.2 Å². The molecule has 0 aromatic heterocycles. The molecule has 0 radical (unpaired) electrons.